The van der Waals surface area contributed by atoms with Gasteiger partial charge in [0.2, 0.25) is 0 Å². The predicted molar refractivity (Wildman–Crippen MR) is 67.3 cm³/mol. The van der Waals surface area contributed by atoms with Crippen LogP contribution in [0.5, 0.6) is 0 Å². The van der Waals surface area contributed by atoms with Crippen molar-refractivity contribution >= 4 is 5.69 Å². The number of nitrogens with zero attached hydrogens (tertiary/aromatic N) is 1. The molecule has 0 saturated heterocycles. The number of nitriles is 1. The maximum Gasteiger partial charge on any atom is 0.0994 e. The minimum Gasteiger partial charge on any atom is -0.381 e. The van der Waals surface area contributed by atoms with Gasteiger partial charge in [-0.05, 0) is 37.1 Å². The third-order valence-electron chi connectivity index (χ3n) is 2.64. The lowest BCUT2D eigenvalue weighted by Crippen LogP contribution is -2.28. The Balaban J connectivity index is 2.74. The summed E-state index contributed by atoms with van der Waals surface area (Å²) in [5.74, 6) is 0. The standard InChI is InChI=1S/C13H19N3/c1-3-4-13(9-15)16-12-6-5-11(8-14)10(2)7-12/h5-7,13,16H,3-4,9,15H2,1-2H3. The van der Waals surface area contributed by atoms with Crippen LogP contribution in [0.4, 0.5) is 5.69 Å². The van der Waals surface area contributed by atoms with Crippen LogP contribution in [0, 0.1) is 18.3 Å². The first-order chi connectivity index (χ1) is 7.71. The molecule has 0 heterocycles. The molecule has 1 aromatic rings. The summed E-state index contributed by atoms with van der Waals surface area (Å²) in [6, 6.07) is 8.26. The number of nitrogens with one attached hydrogen (secondary N) is 1. The van der Waals surface area contributed by atoms with Gasteiger partial charge in [0.1, 0.15) is 0 Å². The van der Waals surface area contributed by atoms with Crippen molar-refractivity contribution < 1.29 is 0 Å². The highest BCUT2D eigenvalue weighted by Crippen LogP contribution is 2.16. The first-order valence-electron chi connectivity index (χ1n) is 5.68. The minimum absolute atomic E-state index is 0.317. The van der Waals surface area contributed by atoms with E-state index < -0.39 is 0 Å². The van der Waals surface area contributed by atoms with Crippen LogP contribution in [0.15, 0.2) is 18.2 Å². The summed E-state index contributed by atoms with van der Waals surface area (Å²) in [5, 5.41) is 12.2. The molecule has 1 rings (SSSR count). The van der Waals surface area contributed by atoms with Gasteiger partial charge in [-0.3, -0.25) is 0 Å². The van der Waals surface area contributed by atoms with Gasteiger partial charge >= 0.3 is 0 Å². The summed E-state index contributed by atoms with van der Waals surface area (Å²) in [7, 11) is 0. The summed E-state index contributed by atoms with van der Waals surface area (Å²) in [4.78, 5) is 0. The van der Waals surface area contributed by atoms with E-state index in [1.165, 1.54) is 0 Å². The molecule has 16 heavy (non-hydrogen) atoms. The average molecular weight is 217 g/mol. The van der Waals surface area contributed by atoms with Crippen LogP contribution < -0.4 is 11.1 Å². The highest BCUT2D eigenvalue weighted by atomic mass is 14.9. The Morgan fingerprint density at radius 2 is 2.25 bits per heavy atom. The molecule has 86 valence electrons. The first kappa shape index (κ1) is 12.5. The number of benzene rings is 1. The molecule has 1 atom stereocenters. The van der Waals surface area contributed by atoms with Gasteiger partial charge in [0.05, 0.1) is 11.6 Å². The fourth-order valence-electron chi connectivity index (χ4n) is 1.71. The first-order valence-corrected chi connectivity index (χ1v) is 5.68. The minimum atomic E-state index is 0.317. The van der Waals surface area contributed by atoms with Crippen molar-refractivity contribution in [1.29, 1.82) is 5.26 Å². The van der Waals surface area contributed by atoms with Crippen LogP contribution in [-0.4, -0.2) is 12.6 Å². The Kier molecular flexibility index (Phi) is 4.81. The number of aryl methyl sites for hydroxylation is 1. The summed E-state index contributed by atoms with van der Waals surface area (Å²) in [6.45, 7) is 4.72. The molecule has 0 aliphatic carbocycles. The number of nitrogens with two attached hydrogens (primary N) is 1. The highest BCUT2D eigenvalue weighted by Gasteiger charge is 2.05. The molecule has 0 aliphatic rings. The maximum absolute atomic E-state index is 8.83. The van der Waals surface area contributed by atoms with E-state index in [9.17, 15) is 0 Å². The highest BCUT2D eigenvalue weighted by molar-refractivity contribution is 5.52. The molecule has 0 spiro atoms. The summed E-state index contributed by atoms with van der Waals surface area (Å²) in [5.41, 5.74) is 8.45. The van der Waals surface area contributed by atoms with Gasteiger partial charge in [-0.2, -0.15) is 5.26 Å². The topological polar surface area (TPSA) is 61.8 Å². The molecule has 1 unspecified atom stereocenters. The molecule has 0 fully saturated rings. The Hall–Kier alpha value is -1.53. The van der Waals surface area contributed by atoms with Gasteiger partial charge in [0, 0.05) is 18.3 Å². The molecule has 3 N–H and O–H groups in total. The van der Waals surface area contributed by atoms with Crippen molar-refractivity contribution in [2.24, 2.45) is 5.73 Å². The van der Waals surface area contributed by atoms with E-state index in [0.29, 0.717) is 12.6 Å². The Morgan fingerprint density at radius 3 is 2.75 bits per heavy atom. The van der Waals surface area contributed by atoms with Crippen LogP contribution in [0.3, 0.4) is 0 Å². The molecule has 3 heteroatoms. The van der Waals surface area contributed by atoms with E-state index >= 15 is 0 Å². The second-order valence-electron chi connectivity index (χ2n) is 4.01. The molecule has 0 aromatic heterocycles. The normalized spacial score (nSPS) is 11.9. The van der Waals surface area contributed by atoms with Crippen LogP contribution in [0.1, 0.15) is 30.9 Å². The van der Waals surface area contributed by atoms with Crippen molar-refractivity contribution in [3.63, 3.8) is 0 Å². The van der Waals surface area contributed by atoms with Crippen LogP contribution in [-0.2, 0) is 0 Å². The molecule has 3 nitrogen and oxygen atoms in total. The molecular formula is C13H19N3. The lowest BCUT2D eigenvalue weighted by atomic mass is 10.1. The number of hydrogen-bond donors (Lipinski definition) is 2. The van der Waals surface area contributed by atoms with Crippen molar-refractivity contribution in [2.75, 3.05) is 11.9 Å². The molecule has 0 saturated carbocycles. The van der Waals surface area contributed by atoms with E-state index in [2.05, 4.69) is 18.3 Å². The number of hydrogen-bond acceptors (Lipinski definition) is 3. The van der Waals surface area contributed by atoms with E-state index in [1.54, 1.807) is 0 Å². The van der Waals surface area contributed by atoms with E-state index in [1.807, 2.05) is 25.1 Å². The van der Waals surface area contributed by atoms with E-state index in [0.717, 1.165) is 29.7 Å². The summed E-state index contributed by atoms with van der Waals surface area (Å²) < 4.78 is 0. The Bertz CT molecular complexity index is 379. The van der Waals surface area contributed by atoms with Crippen molar-refractivity contribution in [1.82, 2.24) is 0 Å². The number of anilines is 1. The van der Waals surface area contributed by atoms with Gasteiger partial charge < -0.3 is 11.1 Å². The zero-order valence-electron chi connectivity index (χ0n) is 9.96. The van der Waals surface area contributed by atoms with Crippen molar-refractivity contribution in [3.05, 3.63) is 29.3 Å². The van der Waals surface area contributed by atoms with Gasteiger partial charge in [0.25, 0.3) is 0 Å². The third kappa shape index (κ3) is 3.25. The SMILES string of the molecule is CCCC(CN)Nc1ccc(C#N)c(C)c1. The second kappa shape index (κ2) is 6.14. The van der Waals surface area contributed by atoms with Crippen LogP contribution in [0.2, 0.25) is 0 Å². The van der Waals surface area contributed by atoms with Gasteiger partial charge in [-0.1, -0.05) is 13.3 Å². The maximum atomic E-state index is 8.83. The monoisotopic (exact) mass is 217 g/mol. The van der Waals surface area contributed by atoms with Crippen LogP contribution >= 0.6 is 0 Å². The second-order valence-corrected chi connectivity index (χ2v) is 4.01. The van der Waals surface area contributed by atoms with Gasteiger partial charge in [0.15, 0.2) is 0 Å². The molecule has 0 amide bonds. The molecule has 0 radical (unpaired) electrons. The molecule has 0 aliphatic heterocycles. The quantitative estimate of drug-likeness (QED) is 0.796. The third-order valence-corrected chi connectivity index (χ3v) is 2.64. The summed E-state index contributed by atoms with van der Waals surface area (Å²) >= 11 is 0. The zero-order valence-corrected chi connectivity index (χ0v) is 9.96. The van der Waals surface area contributed by atoms with Crippen LogP contribution in [0.25, 0.3) is 0 Å². The Morgan fingerprint density at radius 1 is 1.50 bits per heavy atom. The fourth-order valence-corrected chi connectivity index (χ4v) is 1.71. The Labute approximate surface area is 97.3 Å². The zero-order chi connectivity index (χ0) is 12.0. The van der Waals surface area contributed by atoms with E-state index in [-0.39, 0.29) is 0 Å². The van der Waals surface area contributed by atoms with Crippen molar-refractivity contribution in [3.8, 4) is 6.07 Å². The van der Waals surface area contributed by atoms with Gasteiger partial charge in [-0.15, -0.1) is 0 Å². The van der Waals surface area contributed by atoms with Crippen molar-refractivity contribution in [2.45, 2.75) is 32.7 Å². The fraction of sp³-hybridized carbons (Fsp3) is 0.462. The largest absolute Gasteiger partial charge is 0.381 e. The smallest absolute Gasteiger partial charge is 0.0994 e. The summed E-state index contributed by atoms with van der Waals surface area (Å²) in [6.07, 6.45) is 2.18. The average Bonchev–Trinajstić information content (AvgIpc) is 2.28. The lowest BCUT2D eigenvalue weighted by Gasteiger charge is -2.17. The molecule has 1 aromatic carbocycles. The van der Waals surface area contributed by atoms with E-state index in [4.69, 9.17) is 11.0 Å². The number of rotatable bonds is 5. The van der Waals surface area contributed by atoms with Gasteiger partial charge in [-0.25, -0.2) is 0 Å². The lowest BCUT2D eigenvalue weighted by molar-refractivity contribution is 0.648. The predicted octanol–water partition coefficient (Wildman–Crippen LogP) is 2.41. The molecular weight excluding hydrogens is 198 g/mol. The molecule has 0 bridgehead atoms.